The van der Waals surface area contributed by atoms with Crippen LogP contribution in [0.15, 0.2) is 43.5 Å². The average molecular weight is 376 g/mol. The van der Waals surface area contributed by atoms with E-state index in [4.69, 9.17) is 9.47 Å². The first-order valence-electron chi connectivity index (χ1n) is 9.74. The van der Waals surface area contributed by atoms with Gasteiger partial charge in [-0.15, -0.1) is 0 Å². The van der Waals surface area contributed by atoms with Crippen molar-refractivity contribution in [1.29, 1.82) is 0 Å². The van der Waals surface area contributed by atoms with Crippen LogP contribution in [-0.4, -0.2) is 11.9 Å². The molecule has 4 heteroatoms. The lowest BCUT2D eigenvalue weighted by molar-refractivity contribution is -0.130. The second-order valence-corrected chi connectivity index (χ2v) is 7.89. The molecule has 28 heavy (non-hydrogen) atoms. The van der Waals surface area contributed by atoms with E-state index in [1.807, 2.05) is 18.2 Å². The molecule has 144 valence electrons. The maximum absolute atomic E-state index is 12.2. The molecule has 2 aromatic rings. The molecule has 0 saturated heterocycles. The fourth-order valence-electron chi connectivity index (χ4n) is 5.06. The Labute approximate surface area is 164 Å². The van der Waals surface area contributed by atoms with E-state index in [-0.39, 0.29) is 5.41 Å². The Kier molecular flexibility index (Phi) is 4.37. The summed E-state index contributed by atoms with van der Waals surface area (Å²) in [5.74, 6) is 0.543. The monoisotopic (exact) mass is 376 g/mol. The van der Waals surface area contributed by atoms with Crippen LogP contribution in [0.2, 0.25) is 0 Å². The summed E-state index contributed by atoms with van der Waals surface area (Å²) in [5, 5.41) is 1.65. The number of rotatable bonds is 5. The largest absolute Gasteiger partial charge is 0.422 e. The van der Waals surface area contributed by atoms with Gasteiger partial charge in [-0.25, -0.2) is 9.59 Å². The molecule has 2 aromatic carbocycles. The van der Waals surface area contributed by atoms with E-state index in [1.165, 1.54) is 12.2 Å². The molecule has 0 amide bonds. The Hall–Kier alpha value is -2.88. The minimum atomic E-state index is -0.479. The summed E-state index contributed by atoms with van der Waals surface area (Å²) >= 11 is 0. The fraction of sp³-hybridized carbons (Fsp3) is 0.333. The van der Waals surface area contributed by atoms with Crippen LogP contribution < -0.4 is 9.47 Å². The SMILES string of the molecule is C=CC(=O)Oc1c2c(c(OC(=O)C=C)c3c(CC)cccc13)C1CCC2(C)C1. The topological polar surface area (TPSA) is 52.6 Å². The van der Waals surface area contributed by atoms with E-state index in [1.54, 1.807) is 0 Å². The molecule has 1 saturated carbocycles. The van der Waals surface area contributed by atoms with Crippen LogP contribution in [-0.2, 0) is 21.4 Å². The third-order valence-electron chi connectivity index (χ3n) is 6.24. The quantitative estimate of drug-likeness (QED) is 0.413. The van der Waals surface area contributed by atoms with E-state index in [0.29, 0.717) is 17.4 Å². The predicted octanol–water partition coefficient (Wildman–Crippen LogP) is 5.12. The van der Waals surface area contributed by atoms with Crippen molar-refractivity contribution in [3.8, 4) is 11.5 Å². The summed E-state index contributed by atoms with van der Waals surface area (Å²) in [5.41, 5.74) is 2.98. The number of fused-ring (bicyclic) bond motifs is 6. The number of carbonyl (C=O) groups excluding carboxylic acids is 2. The summed E-state index contributed by atoms with van der Waals surface area (Å²) in [6.45, 7) is 11.4. The van der Waals surface area contributed by atoms with Gasteiger partial charge >= 0.3 is 11.9 Å². The van der Waals surface area contributed by atoms with E-state index >= 15 is 0 Å². The van der Waals surface area contributed by atoms with Crippen LogP contribution in [0.4, 0.5) is 0 Å². The lowest BCUT2D eigenvalue weighted by atomic mass is 9.78. The van der Waals surface area contributed by atoms with Crippen LogP contribution in [0, 0.1) is 0 Å². The van der Waals surface area contributed by atoms with Gasteiger partial charge in [-0.1, -0.05) is 45.2 Å². The zero-order chi connectivity index (χ0) is 20.1. The Bertz CT molecular complexity index is 1030. The predicted molar refractivity (Wildman–Crippen MR) is 109 cm³/mol. The molecule has 2 atom stereocenters. The van der Waals surface area contributed by atoms with Crippen LogP contribution >= 0.6 is 0 Å². The van der Waals surface area contributed by atoms with Gasteiger partial charge in [0, 0.05) is 34.1 Å². The van der Waals surface area contributed by atoms with Crippen LogP contribution in [0.1, 0.15) is 55.7 Å². The summed E-state index contributed by atoms with van der Waals surface area (Å²) in [6, 6.07) is 5.91. The molecule has 2 aliphatic rings. The van der Waals surface area contributed by atoms with Gasteiger partial charge in [0.25, 0.3) is 0 Å². The van der Waals surface area contributed by atoms with Gasteiger partial charge in [0.2, 0.25) is 0 Å². The molecule has 2 aliphatic carbocycles. The highest BCUT2D eigenvalue weighted by Crippen LogP contribution is 2.64. The lowest BCUT2D eigenvalue weighted by Crippen LogP contribution is -2.20. The van der Waals surface area contributed by atoms with Crippen molar-refractivity contribution in [2.75, 3.05) is 0 Å². The Morgan fingerprint density at radius 1 is 1.18 bits per heavy atom. The molecule has 0 N–H and O–H groups in total. The van der Waals surface area contributed by atoms with Gasteiger partial charge < -0.3 is 9.47 Å². The van der Waals surface area contributed by atoms with E-state index in [0.717, 1.165) is 53.1 Å². The van der Waals surface area contributed by atoms with Crippen molar-refractivity contribution >= 4 is 22.7 Å². The smallest absolute Gasteiger partial charge is 0.335 e. The van der Waals surface area contributed by atoms with Crippen molar-refractivity contribution < 1.29 is 19.1 Å². The summed E-state index contributed by atoms with van der Waals surface area (Å²) in [6.07, 6.45) is 6.17. The molecule has 4 rings (SSSR count). The van der Waals surface area contributed by atoms with E-state index in [2.05, 4.69) is 27.0 Å². The van der Waals surface area contributed by atoms with Crippen LogP contribution in [0.25, 0.3) is 10.8 Å². The first-order chi connectivity index (χ1) is 13.4. The number of esters is 2. The van der Waals surface area contributed by atoms with E-state index < -0.39 is 11.9 Å². The number of aryl methyl sites for hydroxylation is 1. The fourth-order valence-corrected chi connectivity index (χ4v) is 5.06. The van der Waals surface area contributed by atoms with Gasteiger partial charge in [-0.3, -0.25) is 0 Å². The Morgan fingerprint density at radius 2 is 1.86 bits per heavy atom. The Balaban J connectivity index is 2.13. The van der Waals surface area contributed by atoms with Gasteiger partial charge in [-0.05, 0) is 42.6 Å². The van der Waals surface area contributed by atoms with Crippen LogP contribution in [0.5, 0.6) is 11.5 Å². The van der Waals surface area contributed by atoms with E-state index in [9.17, 15) is 9.59 Å². The molecule has 0 aromatic heterocycles. The molecule has 2 unspecified atom stereocenters. The standard InChI is InChI=1S/C24H24O4/c1-5-14-9-8-10-16-19(14)23(28-18(26)7-3)20-15-11-12-24(4,13-15)21(20)22(16)27-17(25)6-2/h6-10,15H,2-3,5,11-13H2,1,4H3. The molecule has 0 aliphatic heterocycles. The van der Waals surface area contributed by atoms with Crippen LogP contribution in [0.3, 0.4) is 0 Å². The molecular formula is C24H24O4. The molecule has 0 spiro atoms. The zero-order valence-electron chi connectivity index (χ0n) is 16.3. The van der Waals surface area contributed by atoms with Gasteiger partial charge in [0.1, 0.15) is 11.5 Å². The highest BCUT2D eigenvalue weighted by molar-refractivity contribution is 6.03. The van der Waals surface area contributed by atoms with Gasteiger partial charge in [0.05, 0.1) is 0 Å². The normalized spacial score (nSPS) is 22.0. The second-order valence-electron chi connectivity index (χ2n) is 7.89. The molecule has 0 radical (unpaired) electrons. The third kappa shape index (κ3) is 2.59. The molecular weight excluding hydrogens is 352 g/mol. The lowest BCUT2D eigenvalue weighted by Gasteiger charge is -2.29. The first kappa shape index (κ1) is 18.5. The summed E-state index contributed by atoms with van der Waals surface area (Å²) in [4.78, 5) is 24.3. The number of carbonyl (C=O) groups is 2. The summed E-state index contributed by atoms with van der Waals surface area (Å²) < 4.78 is 11.6. The highest BCUT2D eigenvalue weighted by atomic mass is 16.5. The molecule has 0 heterocycles. The number of ether oxygens (including phenoxy) is 2. The third-order valence-corrected chi connectivity index (χ3v) is 6.24. The van der Waals surface area contributed by atoms with Crippen molar-refractivity contribution in [2.45, 2.75) is 50.9 Å². The first-order valence-corrected chi connectivity index (χ1v) is 9.74. The zero-order valence-corrected chi connectivity index (χ0v) is 16.3. The average Bonchev–Trinajstić information content (AvgIpc) is 3.23. The van der Waals surface area contributed by atoms with Gasteiger partial charge in [0.15, 0.2) is 0 Å². The van der Waals surface area contributed by atoms with Crippen molar-refractivity contribution in [3.63, 3.8) is 0 Å². The second kappa shape index (κ2) is 6.62. The number of hydrogen-bond donors (Lipinski definition) is 0. The number of benzene rings is 2. The van der Waals surface area contributed by atoms with Crippen molar-refractivity contribution in [2.24, 2.45) is 0 Å². The summed E-state index contributed by atoms with van der Waals surface area (Å²) in [7, 11) is 0. The maximum Gasteiger partial charge on any atom is 0.335 e. The molecule has 2 bridgehead atoms. The maximum atomic E-state index is 12.2. The number of hydrogen-bond acceptors (Lipinski definition) is 4. The Morgan fingerprint density at radius 3 is 2.50 bits per heavy atom. The highest BCUT2D eigenvalue weighted by Gasteiger charge is 2.50. The minimum Gasteiger partial charge on any atom is -0.422 e. The minimum absolute atomic E-state index is 0.0947. The van der Waals surface area contributed by atoms with Crippen molar-refractivity contribution in [1.82, 2.24) is 0 Å². The molecule has 4 nitrogen and oxygen atoms in total. The van der Waals surface area contributed by atoms with Crippen molar-refractivity contribution in [3.05, 3.63) is 60.2 Å². The molecule has 1 fully saturated rings. The van der Waals surface area contributed by atoms with Gasteiger partial charge in [-0.2, -0.15) is 0 Å².